The van der Waals surface area contributed by atoms with Gasteiger partial charge < -0.3 is 10.4 Å². The van der Waals surface area contributed by atoms with E-state index < -0.39 is 0 Å². The van der Waals surface area contributed by atoms with Crippen LogP contribution in [-0.4, -0.2) is 48.3 Å². The lowest BCUT2D eigenvalue weighted by Gasteiger charge is -2.35. The zero-order valence-corrected chi connectivity index (χ0v) is 12.8. The monoisotopic (exact) mass is 268 g/mol. The summed E-state index contributed by atoms with van der Waals surface area (Å²) in [5.41, 5.74) is 0.344. The molecule has 1 aliphatic carbocycles. The van der Waals surface area contributed by atoms with Crippen LogP contribution >= 0.6 is 0 Å². The predicted octanol–water partition coefficient (Wildman–Crippen LogP) is 2.39. The first kappa shape index (κ1) is 15.3. The van der Waals surface area contributed by atoms with Gasteiger partial charge in [-0.15, -0.1) is 0 Å². The minimum atomic E-state index is 0.302. The molecule has 3 heteroatoms. The van der Waals surface area contributed by atoms with E-state index in [1.54, 1.807) is 0 Å². The van der Waals surface area contributed by atoms with Crippen molar-refractivity contribution >= 4 is 0 Å². The van der Waals surface area contributed by atoms with Crippen LogP contribution in [0.5, 0.6) is 0 Å². The Balaban J connectivity index is 2.01. The summed E-state index contributed by atoms with van der Waals surface area (Å²) >= 11 is 0. The fourth-order valence-electron chi connectivity index (χ4n) is 3.69. The van der Waals surface area contributed by atoms with Gasteiger partial charge in [-0.3, -0.25) is 4.90 Å². The number of nitrogens with zero attached hydrogens (tertiary/aromatic N) is 1. The summed E-state index contributed by atoms with van der Waals surface area (Å²) in [5, 5.41) is 12.9. The lowest BCUT2D eigenvalue weighted by atomic mass is 9.92. The number of hydrogen-bond donors (Lipinski definition) is 2. The van der Waals surface area contributed by atoms with Gasteiger partial charge in [-0.2, -0.15) is 0 Å². The second-order valence-corrected chi connectivity index (χ2v) is 7.33. The van der Waals surface area contributed by atoms with E-state index >= 15 is 0 Å². The third-order valence-electron chi connectivity index (χ3n) is 4.77. The van der Waals surface area contributed by atoms with Crippen LogP contribution in [0.1, 0.15) is 58.8 Å². The topological polar surface area (TPSA) is 35.5 Å². The van der Waals surface area contributed by atoms with Gasteiger partial charge in [0.15, 0.2) is 0 Å². The molecule has 1 aliphatic heterocycles. The van der Waals surface area contributed by atoms with E-state index in [1.807, 2.05) is 0 Å². The molecule has 2 aliphatic rings. The van der Waals surface area contributed by atoms with Gasteiger partial charge in [0.1, 0.15) is 0 Å². The van der Waals surface area contributed by atoms with E-state index in [-0.39, 0.29) is 0 Å². The SMILES string of the molecule is CC1(C)CNC(CCO)CN(C2CCCCCC2)C1. The molecule has 0 aromatic heterocycles. The van der Waals surface area contributed by atoms with Crippen LogP contribution in [0, 0.1) is 5.41 Å². The normalized spacial score (nSPS) is 30.8. The van der Waals surface area contributed by atoms with E-state index in [1.165, 1.54) is 45.1 Å². The van der Waals surface area contributed by atoms with Crippen molar-refractivity contribution in [3.8, 4) is 0 Å². The predicted molar refractivity (Wildman–Crippen MR) is 80.3 cm³/mol. The molecule has 3 nitrogen and oxygen atoms in total. The van der Waals surface area contributed by atoms with E-state index in [2.05, 4.69) is 24.1 Å². The number of aliphatic hydroxyl groups is 1. The minimum Gasteiger partial charge on any atom is -0.396 e. The smallest absolute Gasteiger partial charge is 0.0446 e. The highest BCUT2D eigenvalue weighted by Crippen LogP contribution is 2.27. The van der Waals surface area contributed by atoms with E-state index in [0.29, 0.717) is 18.1 Å². The highest BCUT2D eigenvalue weighted by Gasteiger charge is 2.32. The van der Waals surface area contributed by atoms with E-state index in [0.717, 1.165) is 25.6 Å². The molecule has 2 N–H and O–H groups in total. The maximum absolute atomic E-state index is 9.22. The molecule has 0 spiro atoms. The molecule has 112 valence electrons. The molecule has 19 heavy (non-hydrogen) atoms. The van der Waals surface area contributed by atoms with Gasteiger partial charge in [-0.1, -0.05) is 39.5 Å². The minimum absolute atomic E-state index is 0.302. The quantitative estimate of drug-likeness (QED) is 0.772. The number of nitrogens with one attached hydrogen (secondary N) is 1. The summed E-state index contributed by atoms with van der Waals surface area (Å²) in [6.45, 7) is 8.43. The average Bonchev–Trinajstić information content (AvgIpc) is 2.70. The average molecular weight is 268 g/mol. The van der Waals surface area contributed by atoms with Crippen molar-refractivity contribution in [1.82, 2.24) is 10.2 Å². The Morgan fingerprint density at radius 2 is 1.84 bits per heavy atom. The molecule has 1 heterocycles. The van der Waals surface area contributed by atoms with Crippen LogP contribution in [0.15, 0.2) is 0 Å². The Hall–Kier alpha value is -0.120. The zero-order valence-electron chi connectivity index (χ0n) is 12.8. The van der Waals surface area contributed by atoms with Crippen molar-refractivity contribution in [1.29, 1.82) is 0 Å². The number of aliphatic hydroxyl groups excluding tert-OH is 1. The maximum Gasteiger partial charge on any atom is 0.0446 e. The molecule has 0 bridgehead atoms. The second kappa shape index (κ2) is 7.05. The Labute approximate surface area is 118 Å². The Kier molecular flexibility index (Phi) is 5.67. The summed E-state index contributed by atoms with van der Waals surface area (Å²) < 4.78 is 0. The van der Waals surface area contributed by atoms with E-state index in [9.17, 15) is 5.11 Å². The largest absolute Gasteiger partial charge is 0.396 e. The fourth-order valence-corrected chi connectivity index (χ4v) is 3.69. The summed E-state index contributed by atoms with van der Waals surface area (Å²) in [6, 6.07) is 1.25. The summed E-state index contributed by atoms with van der Waals surface area (Å²) in [7, 11) is 0. The van der Waals surface area contributed by atoms with E-state index in [4.69, 9.17) is 0 Å². The van der Waals surface area contributed by atoms with Gasteiger partial charge in [0.25, 0.3) is 0 Å². The molecule has 1 unspecified atom stereocenters. The Bertz CT molecular complexity index is 259. The van der Waals surface area contributed by atoms with Crippen LogP contribution in [0.4, 0.5) is 0 Å². The van der Waals surface area contributed by atoms with Crippen LogP contribution < -0.4 is 5.32 Å². The maximum atomic E-state index is 9.22. The molecule has 0 amide bonds. The molecule has 0 aromatic carbocycles. The van der Waals surface area contributed by atoms with Crippen molar-refractivity contribution in [3.63, 3.8) is 0 Å². The molecular formula is C16H32N2O. The van der Waals surface area contributed by atoms with Crippen LogP contribution in [0.25, 0.3) is 0 Å². The number of hydrogen-bond acceptors (Lipinski definition) is 3. The molecule has 2 rings (SSSR count). The molecule has 2 fully saturated rings. The van der Waals surface area contributed by atoms with Crippen molar-refractivity contribution in [2.24, 2.45) is 5.41 Å². The summed E-state index contributed by atoms with van der Waals surface area (Å²) in [6.07, 6.45) is 9.29. The fraction of sp³-hybridized carbons (Fsp3) is 1.00. The van der Waals surface area contributed by atoms with Crippen molar-refractivity contribution < 1.29 is 5.11 Å². The zero-order chi connectivity index (χ0) is 13.7. The van der Waals surface area contributed by atoms with Gasteiger partial charge in [-0.05, 0) is 24.7 Å². The van der Waals surface area contributed by atoms with Gasteiger partial charge in [0.2, 0.25) is 0 Å². The standard InChI is InChI=1S/C16H32N2O/c1-16(2)12-17-14(9-10-19)11-18(13-16)15-7-5-3-4-6-8-15/h14-15,17,19H,3-13H2,1-2H3. The summed E-state index contributed by atoms with van der Waals surface area (Å²) in [5.74, 6) is 0. The van der Waals surface area contributed by atoms with Crippen LogP contribution in [0.2, 0.25) is 0 Å². The highest BCUT2D eigenvalue weighted by atomic mass is 16.3. The lowest BCUT2D eigenvalue weighted by Crippen LogP contribution is -2.43. The third kappa shape index (κ3) is 4.73. The Morgan fingerprint density at radius 3 is 2.47 bits per heavy atom. The summed E-state index contributed by atoms with van der Waals surface area (Å²) in [4.78, 5) is 2.73. The van der Waals surface area contributed by atoms with Gasteiger partial charge in [-0.25, -0.2) is 0 Å². The molecule has 0 aromatic rings. The first-order chi connectivity index (χ1) is 9.11. The lowest BCUT2D eigenvalue weighted by molar-refractivity contribution is 0.130. The molecule has 1 atom stereocenters. The van der Waals surface area contributed by atoms with Crippen molar-refractivity contribution in [3.05, 3.63) is 0 Å². The third-order valence-corrected chi connectivity index (χ3v) is 4.77. The van der Waals surface area contributed by atoms with Crippen molar-refractivity contribution in [2.45, 2.75) is 70.9 Å². The second-order valence-electron chi connectivity index (χ2n) is 7.33. The molecule has 1 saturated carbocycles. The first-order valence-corrected chi connectivity index (χ1v) is 8.19. The molecular weight excluding hydrogens is 236 g/mol. The Morgan fingerprint density at radius 1 is 1.16 bits per heavy atom. The van der Waals surface area contributed by atoms with Crippen molar-refractivity contribution in [2.75, 3.05) is 26.2 Å². The van der Waals surface area contributed by atoms with Crippen LogP contribution in [0.3, 0.4) is 0 Å². The van der Waals surface area contributed by atoms with Gasteiger partial charge >= 0.3 is 0 Å². The highest BCUT2D eigenvalue weighted by molar-refractivity contribution is 4.89. The van der Waals surface area contributed by atoms with Gasteiger partial charge in [0, 0.05) is 38.3 Å². The number of rotatable bonds is 3. The van der Waals surface area contributed by atoms with Crippen LogP contribution in [-0.2, 0) is 0 Å². The first-order valence-electron chi connectivity index (χ1n) is 8.19. The van der Waals surface area contributed by atoms with Gasteiger partial charge in [0.05, 0.1) is 0 Å². The molecule has 1 saturated heterocycles. The molecule has 0 radical (unpaired) electrons.